The summed E-state index contributed by atoms with van der Waals surface area (Å²) in [6, 6.07) is 9.04. The maximum Gasteiger partial charge on any atom is 0.412 e. The number of hydrogen-bond acceptors (Lipinski definition) is 8. The Hall–Kier alpha value is -2.31. The maximum atomic E-state index is 12.4. The monoisotopic (exact) mass is 452 g/mol. The lowest BCUT2D eigenvalue weighted by Crippen LogP contribution is -2.44. The molecule has 4 atom stereocenters. The van der Waals surface area contributed by atoms with E-state index in [2.05, 4.69) is 10.0 Å². The molecule has 1 amide bonds. The van der Waals surface area contributed by atoms with Gasteiger partial charge in [0.1, 0.15) is 16.4 Å². The van der Waals surface area contributed by atoms with Crippen LogP contribution in [0.1, 0.15) is 17.3 Å². The smallest absolute Gasteiger partial charge is 0.412 e. The van der Waals surface area contributed by atoms with Crippen LogP contribution in [-0.2, 0) is 24.2 Å². The Labute approximate surface area is 177 Å². The van der Waals surface area contributed by atoms with Gasteiger partial charge < -0.3 is 14.2 Å². The average molecular weight is 453 g/mol. The van der Waals surface area contributed by atoms with Crippen LogP contribution < -0.4 is 10.0 Å². The maximum absolute atomic E-state index is 12.4. The number of nitrogens with one attached hydrogen (secondary N) is 2. The summed E-state index contributed by atoms with van der Waals surface area (Å²) in [5.74, 6) is -0.0686. The number of sulfonamides is 1. The fraction of sp³-hybridized carbons (Fsp3) is 0.368. The zero-order chi connectivity index (χ0) is 21.3. The van der Waals surface area contributed by atoms with Crippen molar-refractivity contribution in [3.8, 4) is 0 Å². The minimum Gasteiger partial charge on any atom is -0.441 e. The largest absolute Gasteiger partial charge is 0.441 e. The zero-order valence-electron chi connectivity index (χ0n) is 15.9. The summed E-state index contributed by atoms with van der Waals surface area (Å²) in [5.41, 5.74) is 1.02. The van der Waals surface area contributed by atoms with E-state index in [1.54, 1.807) is 35.7 Å². The van der Waals surface area contributed by atoms with Crippen LogP contribution in [0.5, 0.6) is 0 Å². The van der Waals surface area contributed by atoms with Gasteiger partial charge in [-0.05, 0) is 42.6 Å². The van der Waals surface area contributed by atoms with Gasteiger partial charge in [-0.3, -0.25) is 10.1 Å². The van der Waals surface area contributed by atoms with Gasteiger partial charge >= 0.3 is 6.09 Å². The number of anilines is 1. The Morgan fingerprint density at radius 3 is 2.50 bits per heavy atom. The molecule has 160 valence electrons. The van der Waals surface area contributed by atoms with Crippen molar-refractivity contribution in [3.05, 3.63) is 47.3 Å². The molecule has 2 saturated heterocycles. The summed E-state index contributed by atoms with van der Waals surface area (Å²) in [7, 11) is -3.67. The van der Waals surface area contributed by atoms with Crippen molar-refractivity contribution >= 4 is 38.9 Å². The molecular formula is C19H20N2O7S2. The SMILES string of the molecule is CC(=O)c1ccc(NC(=O)O[C@H]2CO[C@@H]3[C@@H]2OC[C@@H]3NS(=O)(=O)c2cccs2)cc1. The van der Waals surface area contributed by atoms with Gasteiger partial charge in [-0.2, -0.15) is 0 Å². The molecule has 2 N–H and O–H groups in total. The molecule has 2 aromatic rings. The van der Waals surface area contributed by atoms with E-state index in [-0.39, 0.29) is 23.2 Å². The molecule has 0 aliphatic carbocycles. The van der Waals surface area contributed by atoms with Crippen molar-refractivity contribution in [1.29, 1.82) is 0 Å². The first-order valence-corrected chi connectivity index (χ1v) is 11.6. The number of Topliss-reactive ketones (excluding diaryl/α,β-unsaturated/α-hetero) is 1. The highest BCUT2D eigenvalue weighted by Crippen LogP contribution is 2.30. The van der Waals surface area contributed by atoms with E-state index < -0.39 is 40.5 Å². The number of thiophene rings is 1. The average Bonchev–Trinajstić information content (AvgIpc) is 3.43. The predicted octanol–water partition coefficient (Wildman–Crippen LogP) is 2.01. The molecule has 1 aromatic carbocycles. The van der Waals surface area contributed by atoms with Crippen molar-refractivity contribution in [2.75, 3.05) is 18.5 Å². The minimum atomic E-state index is -3.67. The second-order valence-corrected chi connectivity index (χ2v) is 9.85. The highest BCUT2D eigenvalue weighted by molar-refractivity contribution is 7.91. The van der Waals surface area contributed by atoms with Gasteiger partial charge in [0.05, 0.1) is 19.3 Å². The molecule has 4 rings (SSSR count). The summed E-state index contributed by atoms with van der Waals surface area (Å²) < 4.78 is 44.4. The van der Waals surface area contributed by atoms with Crippen molar-refractivity contribution in [3.63, 3.8) is 0 Å². The zero-order valence-corrected chi connectivity index (χ0v) is 17.6. The number of ketones is 1. The molecule has 0 saturated carbocycles. The lowest BCUT2D eigenvalue weighted by molar-refractivity contribution is 0.00883. The first-order chi connectivity index (χ1) is 14.3. The third-order valence-corrected chi connectivity index (χ3v) is 7.76. The summed E-state index contributed by atoms with van der Waals surface area (Å²) in [4.78, 5) is 23.5. The second-order valence-electron chi connectivity index (χ2n) is 6.96. The Morgan fingerprint density at radius 1 is 1.10 bits per heavy atom. The molecule has 2 aliphatic heterocycles. The normalized spacial score (nSPS) is 25.6. The van der Waals surface area contributed by atoms with E-state index in [4.69, 9.17) is 14.2 Å². The third kappa shape index (κ3) is 4.40. The molecule has 0 bridgehead atoms. The highest BCUT2D eigenvalue weighted by Gasteiger charge is 2.50. The molecule has 0 unspecified atom stereocenters. The van der Waals surface area contributed by atoms with Crippen LogP contribution in [-0.4, -0.2) is 57.9 Å². The van der Waals surface area contributed by atoms with Gasteiger partial charge in [0.25, 0.3) is 0 Å². The molecular weight excluding hydrogens is 432 g/mol. The van der Waals surface area contributed by atoms with Crippen LogP contribution in [0.2, 0.25) is 0 Å². The number of carbonyl (C=O) groups is 2. The number of hydrogen-bond donors (Lipinski definition) is 2. The Morgan fingerprint density at radius 2 is 1.83 bits per heavy atom. The van der Waals surface area contributed by atoms with Gasteiger partial charge in [0.2, 0.25) is 10.0 Å². The number of amides is 1. The third-order valence-electron chi connectivity index (χ3n) is 4.87. The van der Waals surface area contributed by atoms with Crippen molar-refractivity contribution < 1.29 is 32.2 Å². The summed E-state index contributed by atoms with van der Waals surface area (Å²) in [5, 5.41) is 4.27. The number of fused-ring (bicyclic) bond motifs is 1. The molecule has 11 heteroatoms. The molecule has 3 heterocycles. The number of benzene rings is 1. The quantitative estimate of drug-likeness (QED) is 0.643. The molecule has 1 aromatic heterocycles. The van der Waals surface area contributed by atoms with E-state index >= 15 is 0 Å². The number of carbonyl (C=O) groups excluding carboxylic acids is 2. The van der Waals surface area contributed by atoms with Crippen LogP contribution >= 0.6 is 11.3 Å². The van der Waals surface area contributed by atoms with Gasteiger partial charge in [0.15, 0.2) is 11.9 Å². The van der Waals surface area contributed by atoms with Gasteiger partial charge in [-0.15, -0.1) is 11.3 Å². The minimum absolute atomic E-state index is 0.0686. The van der Waals surface area contributed by atoms with Crippen molar-refractivity contribution in [2.24, 2.45) is 0 Å². The fourth-order valence-corrected chi connectivity index (χ4v) is 5.65. The Kier molecular flexibility index (Phi) is 5.89. The van der Waals surface area contributed by atoms with Crippen LogP contribution in [0.4, 0.5) is 10.5 Å². The lowest BCUT2D eigenvalue weighted by Gasteiger charge is -2.18. The van der Waals surface area contributed by atoms with E-state index in [1.807, 2.05) is 0 Å². The van der Waals surface area contributed by atoms with E-state index in [0.29, 0.717) is 11.3 Å². The van der Waals surface area contributed by atoms with Crippen LogP contribution in [0, 0.1) is 0 Å². The molecule has 2 aliphatic rings. The Balaban J connectivity index is 1.33. The number of rotatable bonds is 6. The number of ether oxygens (including phenoxy) is 3. The van der Waals surface area contributed by atoms with Gasteiger partial charge in [-0.25, -0.2) is 17.9 Å². The molecule has 9 nitrogen and oxygen atoms in total. The Bertz CT molecular complexity index is 1020. The highest BCUT2D eigenvalue weighted by atomic mass is 32.2. The van der Waals surface area contributed by atoms with Crippen molar-refractivity contribution in [2.45, 2.75) is 35.5 Å². The van der Waals surface area contributed by atoms with Gasteiger partial charge in [0, 0.05) is 11.3 Å². The first kappa shape index (κ1) is 20.9. The molecule has 0 spiro atoms. The fourth-order valence-electron chi connectivity index (χ4n) is 3.41. The first-order valence-electron chi connectivity index (χ1n) is 9.21. The summed E-state index contributed by atoms with van der Waals surface area (Å²) >= 11 is 1.12. The predicted molar refractivity (Wildman–Crippen MR) is 108 cm³/mol. The topological polar surface area (TPSA) is 120 Å². The van der Waals surface area contributed by atoms with Crippen LogP contribution in [0.15, 0.2) is 46.0 Å². The van der Waals surface area contributed by atoms with E-state index in [1.165, 1.54) is 13.0 Å². The summed E-state index contributed by atoms with van der Waals surface area (Å²) in [6.45, 7) is 1.68. The second kappa shape index (κ2) is 8.44. The van der Waals surface area contributed by atoms with Crippen LogP contribution in [0.25, 0.3) is 0 Å². The van der Waals surface area contributed by atoms with Gasteiger partial charge in [-0.1, -0.05) is 6.07 Å². The van der Waals surface area contributed by atoms with E-state index in [9.17, 15) is 18.0 Å². The molecule has 30 heavy (non-hydrogen) atoms. The van der Waals surface area contributed by atoms with Crippen LogP contribution in [0.3, 0.4) is 0 Å². The van der Waals surface area contributed by atoms with E-state index in [0.717, 1.165) is 11.3 Å². The molecule has 0 radical (unpaired) electrons. The molecule has 2 fully saturated rings. The summed E-state index contributed by atoms with van der Waals surface area (Å²) in [6.07, 6.45) is -2.46. The standard InChI is InChI=1S/C19H20N2O7S2/c1-11(22)12-4-6-13(7-5-12)20-19(23)28-15-10-27-17-14(9-26-18(15)17)21-30(24,25)16-3-2-8-29-16/h2-8,14-15,17-18,21H,9-10H2,1H3,(H,20,23)/t14-,15-,17-,18+/m0/s1. The van der Waals surface area contributed by atoms with Crippen molar-refractivity contribution in [1.82, 2.24) is 4.72 Å². The lowest BCUT2D eigenvalue weighted by atomic mass is 10.1.